The predicted octanol–water partition coefficient (Wildman–Crippen LogP) is 3.86. The van der Waals surface area contributed by atoms with Gasteiger partial charge in [0, 0.05) is 51.8 Å². The average molecular weight is 703 g/mol. The molecule has 0 aromatic rings. The third-order valence-electron chi connectivity index (χ3n) is 7.57. The molecule has 14 heteroatoms. The number of carbonyl (C=O) groups excluding carboxylic acids is 4. The molecule has 0 fully saturated rings. The second kappa shape index (κ2) is 33.6. The summed E-state index contributed by atoms with van der Waals surface area (Å²) in [5.41, 5.74) is 0. The minimum absolute atomic E-state index is 0.00306. The smallest absolute Gasteiger partial charge is 0.306 e. The van der Waals surface area contributed by atoms with Crippen molar-refractivity contribution in [3.8, 4) is 0 Å². The summed E-state index contributed by atoms with van der Waals surface area (Å²) in [5.74, 6) is -3.31. The van der Waals surface area contributed by atoms with Crippen LogP contribution in [-0.4, -0.2) is 111 Å². The molecule has 0 spiro atoms. The van der Waals surface area contributed by atoms with E-state index in [-0.39, 0.29) is 88.6 Å². The third kappa shape index (κ3) is 33.3. The molecule has 0 aliphatic rings. The number of carboxylic acid groups (broad SMARTS) is 2. The van der Waals surface area contributed by atoms with Crippen molar-refractivity contribution < 1.29 is 57.9 Å². The zero-order valence-electron chi connectivity index (χ0n) is 29.6. The number of likely N-dealkylation sites (N-methyl/N-ethyl adjacent to an activating group) is 1. The van der Waals surface area contributed by atoms with Gasteiger partial charge in [0.25, 0.3) is 0 Å². The molecule has 0 aliphatic carbocycles. The Labute approximate surface area is 291 Å². The Morgan fingerprint density at radius 3 is 1.65 bits per heavy atom. The summed E-state index contributed by atoms with van der Waals surface area (Å²) in [5, 5.41) is 23.4. The summed E-state index contributed by atoms with van der Waals surface area (Å²) in [7, 11) is 0. The van der Waals surface area contributed by atoms with Crippen molar-refractivity contribution in [3.05, 3.63) is 0 Å². The lowest BCUT2D eigenvalue weighted by Crippen LogP contribution is -2.29. The van der Waals surface area contributed by atoms with Gasteiger partial charge in [0.05, 0.1) is 39.0 Å². The van der Waals surface area contributed by atoms with Gasteiger partial charge in [-0.25, -0.2) is 0 Å². The second-order valence-electron chi connectivity index (χ2n) is 12.0. The summed E-state index contributed by atoms with van der Waals surface area (Å²) >= 11 is 0. The van der Waals surface area contributed by atoms with E-state index in [1.807, 2.05) is 6.92 Å². The lowest BCUT2D eigenvalue weighted by Gasteiger charge is -2.12. The number of unbranched alkanes of at least 4 members (excludes halogenated alkanes) is 9. The van der Waals surface area contributed by atoms with Gasteiger partial charge in [-0.05, 0) is 32.6 Å². The number of nitrogens with one attached hydrogen (secondary N) is 2. The molecular weight excluding hydrogens is 640 g/mol. The predicted molar refractivity (Wildman–Crippen MR) is 182 cm³/mol. The highest BCUT2D eigenvalue weighted by molar-refractivity contribution is 5.84. The van der Waals surface area contributed by atoms with Crippen LogP contribution in [0.15, 0.2) is 0 Å². The highest BCUT2D eigenvalue weighted by Crippen LogP contribution is 2.16. The lowest BCUT2D eigenvalue weighted by atomic mass is 9.94. The SMILES string of the molecule is CCNC(=O)COCCOCCCC(=O)COCCOCCNC(=O)CC[C@H](CC(=O)CCCCCCCCCCCCC(=O)O)C(=O)O. The van der Waals surface area contributed by atoms with Crippen molar-refractivity contribution in [2.45, 2.75) is 116 Å². The third-order valence-corrected chi connectivity index (χ3v) is 7.57. The van der Waals surface area contributed by atoms with E-state index < -0.39 is 17.9 Å². The highest BCUT2D eigenvalue weighted by Gasteiger charge is 2.22. The van der Waals surface area contributed by atoms with Gasteiger partial charge in [-0.2, -0.15) is 0 Å². The molecular formula is C35H62N2O12. The van der Waals surface area contributed by atoms with Crippen molar-refractivity contribution in [1.29, 1.82) is 0 Å². The summed E-state index contributed by atoms with van der Waals surface area (Å²) < 4.78 is 21.2. The molecule has 2 amide bonds. The number of hydrogen-bond donors (Lipinski definition) is 4. The number of carboxylic acids is 2. The van der Waals surface area contributed by atoms with E-state index in [0.29, 0.717) is 45.6 Å². The first kappa shape index (κ1) is 46.1. The number of ether oxygens (including phenoxy) is 4. The molecule has 14 nitrogen and oxygen atoms in total. The first-order chi connectivity index (χ1) is 23.6. The molecule has 0 aromatic heterocycles. The van der Waals surface area contributed by atoms with Crippen LogP contribution in [0.3, 0.4) is 0 Å². The maximum Gasteiger partial charge on any atom is 0.306 e. The maximum absolute atomic E-state index is 12.3. The number of aliphatic carboxylic acids is 2. The van der Waals surface area contributed by atoms with Crippen molar-refractivity contribution in [3.63, 3.8) is 0 Å². The van der Waals surface area contributed by atoms with Crippen LogP contribution in [0.2, 0.25) is 0 Å². The number of hydrogen-bond acceptors (Lipinski definition) is 10. The fourth-order valence-electron chi connectivity index (χ4n) is 4.84. The molecule has 0 saturated heterocycles. The van der Waals surface area contributed by atoms with Gasteiger partial charge in [0.15, 0.2) is 5.78 Å². The quantitative estimate of drug-likeness (QED) is 0.0682. The Morgan fingerprint density at radius 2 is 1.06 bits per heavy atom. The van der Waals surface area contributed by atoms with Crippen LogP contribution < -0.4 is 10.6 Å². The van der Waals surface area contributed by atoms with E-state index >= 15 is 0 Å². The summed E-state index contributed by atoms with van der Waals surface area (Å²) in [6.07, 6.45) is 11.4. The Hall–Kier alpha value is -2.94. The molecule has 1 atom stereocenters. The van der Waals surface area contributed by atoms with Gasteiger partial charge in [-0.3, -0.25) is 28.8 Å². The highest BCUT2D eigenvalue weighted by atomic mass is 16.5. The van der Waals surface area contributed by atoms with Gasteiger partial charge >= 0.3 is 11.9 Å². The molecule has 0 saturated carbocycles. The van der Waals surface area contributed by atoms with Crippen LogP contribution in [0.25, 0.3) is 0 Å². The molecule has 0 bridgehead atoms. The topological polar surface area (TPSA) is 204 Å². The Bertz CT molecular complexity index is 915. The average Bonchev–Trinajstić information content (AvgIpc) is 3.05. The van der Waals surface area contributed by atoms with Crippen LogP contribution >= 0.6 is 0 Å². The first-order valence-electron chi connectivity index (χ1n) is 18.0. The van der Waals surface area contributed by atoms with Crippen molar-refractivity contribution >= 4 is 35.3 Å². The normalized spacial score (nSPS) is 11.6. The van der Waals surface area contributed by atoms with E-state index in [9.17, 15) is 33.9 Å². The van der Waals surface area contributed by atoms with E-state index in [2.05, 4.69) is 10.6 Å². The number of Topliss-reactive ketones (excluding diaryl/α,β-unsaturated/α-hetero) is 2. The van der Waals surface area contributed by atoms with Crippen LogP contribution in [-0.2, 0) is 47.7 Å². The molecule has 0 heterocycles. The maximum atomic E-state index is 12.3. The standard InChI is InChI=1S/C35H62N2O12/c1-2-36-33(41)28-49-25-22-46-20-13-15-31(39)27-48-24-23-47-21-19-37-32(40)18-17-29(35(44)45)26-30(38)14-11-9-7-5-3-4-6-8-10-12-16-34(42)43/h29H,2-28H2,1H3,(H,36,41)(H,37,40)(H,42,43)(H,44,45)/t29-/m1/s1. The van der Waals surface area contributed by atoms with Gasteiger partial charge in [-0.1, -0.05) is 51.4 Å². The van der Waals surface area contributed by atoms with Gasteiger partial charge in [0.2, 0.25) is 11.8 Å². The lowest BCUT2D eigenvalue weighted by molar-refractivity contribution is -0.144. The van der Waals surface area contributed by atoms with E-state index in [1.165, 1.54) is 0 Å². The molecule has 284 valence electrons. The number of carbonyl (C=O) groups is 6. The van der Waals surface area contributed by atoms with E-state index in [0.717, 1.165) is 64.2 Å². The fraction of sp³-hybridized carbons (Fsp3) is 0.829. The summed E-state index contributed by atoms with van der Waals surface area (Å²) in [6, 6.07) is 0. The zero-order valence-corrected chi connectivity index (χ0v) is 29.6. The van der Waals surface area contributed by atoms with Crippen LogP contribution in [0.5, 0.6) is 0 Å². The molecule has 0 rings (SSSR count). The first-order valence-corrected chi connectivity index (χ1v) is 18.0. The summed E-state index contributed by atoms with van der Waals surface area (Å²) in [6.45, 7) is 4.38. The zero-order chi connectivity index (χ0) is 36.4. The van der Waals surface area contributed by atoms with Crippen molar-refractivity contribution in [1.82, 2.24) is 10.6 Å². The summed E-state index contributed by atoms with van der Waals surface area (Å²) in [4.78, 5) is 69.7. The fourth-order valence-corrected chi connectivity index (χ4v) is 4.84. The number of amides is 2. The van der Waals surface area contributed by atoms with E-state index in [4.69, 9.17) is 24.1 Å². The Balaban J connectivity index is 3.69. The van der Waals surface area contributed by atoms with Gasteiger partial charge < -0.3 is 39.8 Å². The minimum atomic E-state index is -1.07. The van der Waals surface area contributed by atoms with Crippen LogP contribution in [0.4, 0.5) is 0 Å². The minimum Gasteiger partial charge on any atom is -0.481 e. The molecule has 4 N–H and O–H groups in total. The van der Waals surface area contributed by atoms with Crippen molar-refractivity contribution in [2.75, 3.05) is 65.9 Å². The molecule has 0 unspecified atom stereocenters. The monoisotopic (exact) mass is 702 g/mol. The van der Waals surface area contributed by atoms with Crippen molar-refractivity contribution in [2.24, 2.45) is 5.92 Å². The van der Waals surface area contributed by atoms with Crippen LogP contribution in [0.1, 0.15) is 116 Å². The van der Waals surface area contributed by atoms with Crippen LogP contribution in [0, 0.1) is 5.92 Å². The van der Waals surface area contributed by atoms with Gasteiger partial charge in [0.1, 0.15) is 19.0 Å². The molecule has 49 heavy (non-hydrogen) atoms. The Kier molecular flexibility index (Phi) is 31.5. The van der Waals surface area contributed by atoms with Gasteiger partial charge in [-0.15, -0.1) is 0 Å². The largest absolute Gasteiger partial charge is 0.481 e. The second-order valence-corrected chi connectivity index (χ2v) is 12.0. The molecule has 0 aromatic carbocycles. The Morgan fingerprint density at radius 1 is 0.531 bits per heavy atom. The van der Waals surface area contributed by atoms with E-state index in [1.54, 1.807) is 0 Å². The number of ketones is 2. The number of rotatable bonds is 37. The molecule has 0 aliphatic heterocycles. The molecule has 0 radical (unpaired) electrons.